The second kappa shape index (κ2) is 15.1. The Morgan fingerprint density at radius 1 is 0.833 bits per heavy atom. The standard InChI is InChI=1S/C20H34N2O2/c1-2-3-4-5-6-7-8-9-10-11-16-21-22-19-12-14-20(15-13-19)24-18-17-23/h12-15,23H,2-11,16-18H2,1H3. The molecule has 0 aliphatic carbocycles. The molecule has 1 aromatic carbocycles. The van der Waals surface area contributed by atoms with E-state index in [-0.39, 0.29) is 6.61 Å². The second-order valence-corrected chi connectivity index (χ2v) is 6.21. The smallest absolute Gasteiger partial charge is 0.119 e. The van der Waals surface area contributed by atoms with Crippen LogP contribution in [-0.2, 0) is 0 Å². The fraction of sp³-hybridized carbons (Fsp3) is 0.700. The van der Waals surface area contributed by atoms with E-state index in [1.807, 2.05) is 24.3 Å². The molecule has 0 atom stereocenters. The second-order valence-electron chi connectivity index (χ2n) is 6.21. The molecule has 0 unspecified atom stereocenters. The Labute approximate surface area is 147 Å². The van der Waals surface area contributed by atoms with Crippen LogP contribution in [0.25, 0.3) is 0 Å². The first-order valence-electron chi connectivity index (χ1n) is 9.58. The molecule has 1 aromatic rings. The quantitative estimate of drug-likeness (QED) is 0.313. The molecule has 4 heteroatoms. The van der Waals surface area contributed by atoms with Crippen LogP contribution in [0.4, 0.5) is 5.69 Å². The molecule has 136 valence electrons. The van der Waals surface area contributed by atoms with Crippen molar-refractivity contribution in [2.24, 2.45) is 10.2 Å². The molecule has 0 saturated carbocycles. The van der Waals surface area contributed by atoms with E-state index in [1.54, 1.807) is 0 Å². The van der Waals surface area contributed by atoms with Gasteiger partial charge in [-0.25, -0.2) is 0 Å². The summed E-state index contributed by atoms with van der Waals surface area (Å²) in [4.78, 5) is 0. The van der Waals surface area contributed by atoms with E-state index < -0.39 is 0 Å². The molecule has 0 radical (unpaired) electrons. The van der Waals surface area contributed by atoms with Crippen molar-refractivity contribution in [1.82, 2.24) is 0 Å². The van der Waals surface area contributed by atoms with Gasteiger partial charge in [0.05, 0.1) is 18.8 Å². The zero-order valence-corrected chi connectivity index (χ0v) is 15.3. The van der Waals surface area contributed by atoms with Gasteiger partial charge < -0.3 is 9.84 Å². The summed E-state index contributed by atoms with van der Waals surface area (Å²) < 4.78 is 5.30. The molecular formula is C20H34N2O2. The number of aliphatic hydroxyl groups excluding tert-OH is 1. The first-order chi connectivity index (χ1) is 11.9. The highest BCUT2D eigenvalue weighted by atomic mass is 16.5. The lowest BCUT2D eigenvalue weighted by molar-refractivity contribution is 0.201. The van der Waals surface area contributed by atoms with E-state index in [4.69, 9.17) is 9.84 Å². The number of hydrogen-bond acceptors (Lipinski definition) is 4. The average Bonchev–Trinajstić information content (AvgIpc) is 2.62. The number of azo groups is 1. The highest BCUT2D eigenvalue weighted by Gasteiger charge is 1.95. The summed E-state index contributed by atoms with van der Waals surface area (Å²) in [5.74, 6) is 0.748. The summed E-state index contributed by atoms with van der Waals surface area (Å²) in [5.41, 5.74) is 0.846. The number of aliphatic hydroxyl groups is 1. The van der Waals surface area contributed by atoms with Gasteiger partial charge in [-0.15, -0.1) is 0 Å². The predicted molar refractivity (Wildman–Crippen MR) is 100 cm³/mol. The van der Waals surface area contributed by atoms with Crippen LogP contribution in [0.1, 0.15) is 71.1 Å². The van der Waals surface area contributed by atoms with E-state index in [0.717, 1.165) is 24.4 Å². The third kappa shape index (κ3) is 11.2. The number of benzene rings is 1. The summed E-state index contributed by atoms with van der Waals surface area (Å²) in [6, 6.07) is 7.47. The SMILES string of the molecule is CCCCCCCCCCCCN=Nc1ccc(OCCO)cc1. The first-order valence-corrected chi connectivity index (χ1v) is 9.58. The molecule has 0 aliphatic rings. The average molecular weight is 335 g/mol. The lowest BCUT2D eigenvalue weighted by Crippen LogP contribution is -2.00. The molecule has 0 heterocycles. The summed E-state index contributed by atoms with van der Waals surface area (Å²) in [5, 5.41) is 17.2. The molecular weight excluding hydrogens is 300 g/mol. The fourth-order valence-corrected chi connectivity index (χ4v) is 2.57. The summed E-state index contributed by atoms with van der Waals surface area (Å²) >= 11 is 0. The normalized spacial score (nSPS) is 11.2. The predicted octanol–water partition coefficient (Wildman–Crippen LogP) is 6.06. The van der Waals surface area contributed by atoms with E-state index in [9.17, 15) is 0 Å². The number of unbranched alkanes of at least 4 members (excludes halogenated alkanes) is 9. The van der Waals surface area contributed by atoms with E-state index in [2.05, 4.69) is 17.2 Å². The van der Waals surface area contributed by atoms with Crippen LogP contribution in [0.5, 0.6) is 5.75 Å². The minimum atomic E-state index is 0.0281. The Morgan fingerprint density at radius 3 is 2.00 bits per heavy atom. The molecule has 0 amide bonds. The molecule has 0 spiro atoms. The molecule has 0 aliphatic heterocycles. The van der Waals surface area contributed by atoms with Crippen LogP contribution in [0, 0.1) is 0 Å². The number of ether oxygens (including phenoxy) is 1. The van der Waals surface area contributed by atoms with Crippen molar-refractivity contribution in [2.45, 2.75) is 71.1 Å². The highest BCUT2D eigenvalue weighted by molar-refractivity contribution is 5.40. The maximum atomic E-state index is 8.70. The third-order valence-electron chi connectivity index (χ3n) is 3.99. The van der Waals surface area contributed by atoms with Crippen LogP contribution >= 0.6 is 0 Å². The van der Waals surface area contributed by atoms with Crippen molar-refractivity contribution in [3.8, 4) is 5.75 Å². The van der Waals surface area contributed by atoms with Gasteiger partial charge in [-0.1, -0.05) is 64.7 Å². The van der Waals surface area contributed by atoms with Crippen molar-refractivity contribution in [1.29, 1.82) is 0 Å². The van der Waals surface area contributed by atoms with Crippen LogP contribution in [0.3, 0.4) is 0 Å². The molecule has 24 heavy (non-hydrogen) atoms. The van der Waals surface area contributed by atoms with Crippen molar-refractivity contribution < 1.29 is 9.84 Å². The Hall–Kier alpha value is -1.42. The molecule has 0 bridgehead atoms. The van der Waals surface area contributed by atoms with Crippen molar-refractivity contribution in [3.05, 3.63) is 24.3 Å². The fourth-order valence-electron chi connectivity index (χ4n) is 2.57. The topological polar surface area (TPSA) is 54.2 Å². The maximum Gasteiger partial charge on any atom is 0.119 e. The Morgan fingerprint density at radius 2 is 1.42 bits per heavy atom. The zero-order valence-electron chi connectivity index (χ0n) is 15.3. The van der Waals surface area contributed by atoms with Crippen molar-refractivity contribution in [2.75, 3.05) is 19.8 Å². The lowest BCUT2D eigenvalue weighted by atomic mass is 10.1. The van der Waals surface area contributed by atoms with Gasteiger partial charge in [0.15, 0.2) is 0 Å². The van der Waals surface area contributed by atoms with Crippen LogP contribution in [0.2, 0.25) is 0 Å². The van der Waals surface area contributed by atoms with Crippen LogP contribution in [0.15, 0.2) is 34.5 Å². The van der Waals surface area contributed by atoms with E-state index >= 15 is 0 Å². The van der Waals surface area contributed by atoms with Gasteiger partial charge in [-0.3, -0.25) is 0 Å². The molecule has 1 rings (SSSR count). The van der Waals surface area contributed by atoms with Crippen LogP contribution in [-0.4, -0.2) is 24.9 Å². The Balaban J connectivity index is 1.97. The number of rotatable bonds is 15. The zero-order chi connectivity index (χ0) is 17.3. The maximum absolute atomic E-state index is 8.70. The molecule has 0 aromatic heterocycles. The molecule has 0 saturated heterocycles. The summed E-state index contributed by atoms with van der Waals surface area (Å²) in [6.45, 7) is 3.42. The largest absolute Gasteiger partial charge is 0.491 e. The summed E-state index contributed by atoms with van der Waals surface area (Å²) in [6.07, 6.45) is 13.4. The number of hydrogen-bond donors (Lipinski definition) is 1. The minimum Gasteiger partial charge on any atom is -0.491 e. The van der Waals surface area contributed by atoms with Gasteiger partial charge in [0.25, 0.3) is 0 Å². The monoisotopic (exact) mass is 334 g/mol. The molecule has 4 nitrogen and oxygen atoms in total. The van der Waals surface area contributed by atoms with Gasteiger partial charge in [0.1, 0.15) is 12.4 Å². The van der Waals surface area contributed by atoms with Gasteiger partial charge in [0.2, 0.25) is 0 Å². The lowest BCUT2D eigenvalue weighted by Gasteiger charge is -2.03. The van der Waals surface area contributed by atoms with E-state index in [1.165, 1.54) is 57.8 Å². The van der Waals surface area contributed by atoms with Crippen molar-refractivity contribution >= 4 is 5.69 Å². The minimum absolute atomic E-state index is 0.0281. The van der Waals surface area contributed by atoms with Crippen molar-refractivity contribution in [3.63, 3.8) is 0 Å². The third-order valence-corrected chi connectivity index (χ3v) is 3.99. The highest BCUT2D eigenvalue weighted by Crippen LogP contribution is 2.18. The van der Waals surface area contributed by atoms with Gasteiger partial charge >= 0.3 is 0 Å². The van der Waals surface area contributed by atoms with E-state index in [0.29, 0.717) is 6.61 Å². The van der Waals surface area contributed by atoms with Gasteiger partial charge in [-0.05, 0) is 30.7 Å². The first kappa shape index (κ1) is 20.6. The number of nitrogens with zero attached hydrogens (tertiary/aromatic N) is 2. The summed E-state index contributed by atoms with van der Waals surface area (Å²) in [7, 11) is 0. The Kier molecular flexibility index (Phi) is 13.0. The molecule has 1 N–H and O–H groups in total. The van der Waals surface area contributed by atoms with Crippen LogP contribution < -0.4 is 4.74 Å². The van der Waals surface area contributed by atoms with Gasteiger partial charge in [0, 0.05) is 0 Å². The molecule has 0 fully saturated rings. The van der Waals surface area contributed by atoms with Gasteiger partial charge in [-0.2, -0.15) is 10.2 Å². The Bertz CT molecular complexity index is 418.